The van der Waals surface area contributed by atoms with Crippen LogP contribution in [0, 0.1) is 5.92 Å². The summed E-state index contributed by atoms with van der Waals surface area (Å²) in [5.41, 5.74) is 5.32. The van der Waals surface area contributed by atoms with Crippen molar-refractivity contribution in [3.63, 3.8) is 0 Å². The molecule has 1 aliphatic carbocycles. The molecule has 0 radical (unpaired) electrons. The second kappa shape index (κ2) is 5.56. The van der Waals surface area contributed by atoms with E-state index in [4.69, 9.17) is 15.6 Å². The number of hydrogen-bond donors (Lipinski definition) is 3. The third kappa shape index (κ3) is 4.52. The SMILES string of the molecule is CC(C)(C)OC(=O)N[C@@H]1C[C@@H](C(=O)O)CC[C@H]1N. The molecule has 3 atom stereocenters. The van der Waals surface area contributed by atoms with Gasteiger partial charge < -0.3 is 20.9 Å². The van der Waals surface area contributed by atoms with Crippen LogP contribution in [0.4, 0.5) is 4.79 Å². The number of nitrogens with one attached hydrogen (secondary N) is 1. The zero-order valence-corrected chi connectivity index (χ0v) is 11.1. The van der Waals surface area contributed by atoms with Gasteiger partial charge in [0.2, 0.25) is 0 Å². The molecule has 1 fully saturated rings. The van der Waals surface area contributed by atoms with E-state index in [9.17, 15) is 9.59 Å². The molecule has 1 saturated carbocycles. The predicted molar refractivity (Wildman–Crippen MR) is 66.1 cm³/mol. The van der Waals surface area contributed by atoms with Gasteiger partial charge in [-0.3, -0.25) is 4.79 Å². The van der Waals surface area contributed by atoms with Gasteiger partial charge in [0, 0.05) is 12.1 Å². The molecule has 6 heteroatoms. The van der Waals surface area contributed by atoms with Crippen LogP contribution in [0.1, 0.15) is 40.0 Å². The summed E-state index contributed by atoms with van der Waals surface area (Å²) in [6.45, 7) is 5.31. The fraction of sp³-hybridized carbons (Fsp3) is 0.833. The standard InChI is InChI=1S/C12H22N2O4/c1-12(2,3)18-11(17)14-9-6-7(10(15)16)4-5-8(9)13/h7-9H,4-6,13H2,1-3H3,(H,14,17)(H,15,16)/t7-,8+,9+/m0/s1. The van der Waals surface area contributed by atoms with Crippen LogP contribution in [0.2, 0.25) is 0 Å². The first-order chi connectivity index (χ1) is 8.19. The minimum Gasteiger partial charge on any atom is -0.481 e. The van der Waals surface area contributed by atoms with E-state index in [1.165, 1.54) is 0 Å². The number of hydrogen-bond acceptors (Lipinski definition) is 4. The maximum absolute atomic E-state index is 11.6. The maximum atomic E-state index is 11.6. The average molecular weight is 258 g/mol. The highest BCUT2D eigenvalue weighted by Gasteiger charge is 2.33. The van der Waals surface area contributed by atoms with Crippen molar-refractivity contribution in [1.29, 1.82) is 0 Å². The minimum atomic E-state index is -0.835. The van der Waals surface area contributed by atoms with Gasteiger partial charge in [0.05, 0.1) is 5.92 Å². The molecule has 1 amide bonds. The molecule has 0 spiro atoms. The highest BCUT2D eigenvalue weighted by molar-refractivity contribution is 5.71. The molecule has 1 rings (SSSR count). The molecule has 0 unspecified atom stereocenters. The van der Waals surface area contributed by atoms with E-state index in [1.54, 1.807) is 20.8 Å². The number of carboxylic acids is 1. The molecule has 0 heterocycles. The maximum Gasteiger partial charge on any atom is 0.407 e. The van der Waals surface area contributed by atoms with E-state index < -0.39 is 23.6 Å². The second-order valence-electron chi connectivity index (χ2n) is 5.76. The average Bonchev–Trinajstić information content (AvgIpc) is 2.18. The Hall–Kier alpha value is -1.30. The van der Waals surface area contributed by atoms with E-state index in [-0.39, 0.29) is 12.1 Å². The van der Waals surface area contributed by atoms with Gasteiger partial charge >= 0.3 is 12.1 Å². The van der Waals surface area contributed by atoms with Crippen LogP contribution in [0.15, 0.2) is 0 Å². The van der Waals surface area contributed by atoms with E-state index in [0.29, 0.717) is 19.3 Å². The van der Waals surface area contributed by atoms with Gasteiger partial charge in [-0.25, -0.2) is 4.79 Å². The minimum absolute atomic E-state index is 0.215. The smallest absolute Gasteiger partial charge is 0.407 e. The van der Waals surface area contributed by atoms with Crippen molar-refractivity contribution in [3.8, 4) is 0 Å². The zero-order chi connectivity index (χ0) is 13.9. The van der Waals surface area contributed by atoms with Gasteiger partial charge in [-0.2, -0.15) is 0 Å². The van der Waals surface area contributed by atoms with Gasteiger partial charge in [0.15, 0.2) is 0 Å². The number of carboxylic acid groups (broad SMARTS) is 1. The number of rotatable bonds is 2. The first-order valence-electron chi connectivity index (χ1n) is 6.17. The molecule has 0 bridgehead atoms. The molecule has 1 aliphatic rings. The van der Waals surface area contributed by atoms with Crippen LogP contribution in [0.5, 0.6) is 0 Å². The Morgan fingerprint density at radius 3 is 2.44 bits per heavy atom. The number of amides is 1. The monoisotopic (exact) mass is 258 g/mol. The number of nitrogens with two attached hydrogens (primary N) is 1. The second-order valence-corrected chi connectivity index (χ2v) is 5.76. The molecule has 0 aromatic heterocycles. The Morgan fingerprint density at radius 2 is 1.94 bits per heavy atom. The van der Waals surface area contributed by atoms with Crippen LogP contribution >= 0.6 is 0 Å². The zero-order valence-electron chi connectivity index (χ0n) is 11.1. The van der Waals surface area contributed by atoms with Gasteiger partial charge in [-0.05, 0) is 40.0 Å². The molecule has 0 aliphatic heterocycles. The van der Waals surface area contributed by atoms with E-state index in [1.807, 2.05) is 0 Å². The molecule has 0 aromatic carbocycles. The highest BCUT2D eigenvalue weighted by atomic mass is 16.6. The molecule has 104 valence electrons. The van der Waals surface area contributed by atoms with Crippen LogP contribution in [-0.4, -0.2) is 34.9 Å². The fourth-order valence-corrected chi connectivity index (χ4v) is 2.04. The van der Waals surface area contributed by atoms with Crippen molar-refractivity contribution in [1.82, 2.24) is 5.32 Å². The normalized spacial score (nSPS) is 28.6. The Kier molecular flexibility index (Phi) is 4.56. The summed E-state index contributed by atoms with van der Waals surface area (Å²) in [7, 11) is 0. The van der Waals surface area contributed by atoms with Crippen LogP contribution in [0.25, 0.3) is 0 Å². The number of carbonyl (C=O) groups excluding carboxylic acids is 1. The lowest BCUT2D eigenvalue weighted by molar-refractivity contribution is -0.143. The largest absolute Gasteiger partial charge is 0.481 e. The third-order valence-corrected chi connectivity index (χ3v) is 2.96. The number of alkyl carbamates (subject to hydrolysis) is 1. The van der Waals surface area contributed by atoms with Crippen LogP contribution in [0.3, 0.4) is 0 Å². The molecule has 4 N–H and O–H groups in total. The van der Waals surface area contributed by atoms with E-state index in [0.717, 1.165) is 0 Å². The first-order valence-corrected chi connectivity index (χ1v) is 6.17. The number of carbonyl (C=O) groups is 2. The van der Waals surface area contributed by atoms with Gasteiger partial charge in [0.25, 0.3) is 0 Å². The van der Waals surface area contributed by atoms with Crippen molar-refractivity contribution in [2.75, 3.05) is 0 Å². The molecule has 0 aromatic rings. The first kappa shape index (κ1) is 14.8. The van der Waals surface area contributed by atoms with Crippen molar-refractivity contribution >= 4 is 12.1 Å². The quantitative estimate of drug-likeness (QED) is 0.688. The Labute approximate surface area is 107 Å². The summed E-state index contributed by atoms with van der Waals surface area (Å²) < 4.78 is 5.13. The summed E-state index contributed by atoms with van der Waals surface area (Å²) in [6.07, 6.45) is 0.963. The molecule has 0 saturated heterocycles. The van der Waals surface area contributed by atoms with Crippen LogP contribution < -0.4 is 11.1 Å². The van der Waals surface area contributed by atoms with Gasteiger partial charge in [-0.15, -0.1) is 0 Å². The molecule has 18 heavy (non-hydrogen) atoms. The topological polar surface area (TPSA) is 102 Å². The summed E-state index contributed by atoms with van der Waals surface area (Å²) >= 11 is 0. The fourth-order valence-electron chi connectivity index (χ4n) is 2.04. The highest BCUT2D eigenvalue weighted by Crippen LogP contribution is 2.24. The van der Waals surface area contributed by atoms with Crippen molar-refractivity contribution in [2.45, 2.75) is 57.7 Å². The van der Waals surface area contributed by atoms with E-state index in [2.05, 4.69) is 5.32 Å². The summed E-state index contributed by atoms with van der Waals surface area (Å²) in [5, 5.41) is 11.6. The van der Waals surface area contributed by atoms with Crippen molar-refractivity contribution < 1.29 is 19.4 Å². The van der Waals surface area contributed by atoms with Gasteiger partial charge in [0.1, 0.15) is 5.60 Å². The Bertz CT molecular complexity index is 325. The van der Waals surface area contributed by atoms with Crippen molar-refractivity contribution in [2.24, 2.45) is 11.7 Å². The molecular weight excluding hydrogens is 236 g/mol. The Balaban J connectivity index is 2.53. The van der Waals surface area contributed by atoms with E-state index >= 15 is 0 Å². The summed E-state index contributed by atoms with van der Waals surface area (Å²) in [6, 6.07) is -0.553. The molecule has 6 nitrogen and oxygen atoms in total. The molecular formula is C12H22N2O4. The predicted octanol–water partition coefficient (Wildman–Crippen LogP) is 1.09. The summed E-state index contributed by atoms with van der Waals surface area (Å²) in [4.78, 5) is 22.5. The van der Waals surface area contributed by atoms with Crippen molar-refractivity contribution in [3.05, 3.63) is 0 Å². The van der Waals surface area contributed by atoms with Gasteiger partial charge in [-0.1, -0.05) is 0 Å². The third-order valence-electron chi connectivity index (χ3n) is 2.96. The number of ether oxygens (including phenoxy) is 1. The lowest BCUT2D eigenvalue weighted by Gasteiger charge is -2.33. The van der Waals surface area contributed by atoms with Crippen LogP contribution in [-0.2, 0) is 9.53 Å². The number of aliphatic carboxylic acids is 1. The lowest BCUT2D eigenvalue weighted by atomic mass is 9.83. The summed E-state index contributed by atoms with van der Waals surface area (Å²) in [5.74, 6) is -1.28. The Morgan fingerprint density at radius 1 is 1.33 bits per heavy atom. The lowest BCUT2D eigenvalue weighted by Crippen LogP contribution is -2.52.